The van der Waals surface area contributed by atoms with Gasteiger partial charge in [0.1, 0.15) is 4.60 Å². The summed E-state index contributed by atoms with van der Waals surface area (Å²) in [5.74, 6) is -0.123. The number of halogens is 2. The second kappa shape index (κ2) is 6.50. The van der Waals surface area contributed by atoms with Gasteiger partial charge >= 0.3 is 0 Å². The summed E-state index contributed by atoms with van der Waals surface area (Å²) >= 11 is 10.7. The highest BCUT2D eigenvalue weighted by Crippen LogP contribution is 2.21. The minimum absolute atomic E-state index is 0.123. The highest BCUT2D eigenvalue weighted by Gasteiger charge is 2.10. The summed E-state index contributed by atoms with van der Waals surface area (Å²) in [6.07, 6.45) is 0.778. The average Bonchev–Trinajstić information content (AvgIpc) is 2.75. The summed E-state index contributed by atoms with van der Waals surface area (Å²) < 4.78 is 1.34. The van der Waals surface area contributed by atoms with Crippen molar-refractivity contribution >= 4 is 44.8 Å². The summed E-state index contributed by atoms with van der Waals surface area (Å²) in [4.78, 5) is 17.3. The van der Waals surface area contributed by atoms with Gasteiger partial charge in [-0.25, -0.2) is 4.98 Å². The smallest absolute Gasteiger partial charge is 0.254 e. The van der Waals surface area contributed by atoms with Crippen LogP contribution in [0, 0.1) is 6.92 Å². The fraction of sp³-hybridized carbons (Fsp3) is 0.231. The van der Waals surface area contributed by atoms with Crippen LogP contribution in [-0.4, -0.2) is 17.4 Å². The Morgan fingerprint density at radius 1 is 1.42 bits per heavy atom. The molecule has 0 unspecified atom stereocenters. The van der Waals surface area contributed by atoms with Crippen LogP contribution in [-0.2, 0) is 6.42 Å². The van der Waals surface area contributed by atoms with E-state index in [9.17, 15) is 4.79 Å². The van der Waals surface area contributed by atoms with E-state index in [-0.39, 0.29) is 5.91 Å². The van der Waals surface area contributed by atoms with Gasteiger partial charge in [-0.1, -0.05) is 11.6 Å². The Morgan fingerprint density at radius 3 is 2.84 bits per heavy atom. The molecular formula is C13H12BrClN2OS. The molecular weight excluding hydrogens is 348 g/mol. The number of nitrogens with one attached hydrogen (secondary N) is 1. The summed E-state index contributed by atoms with van der Waals surface area (Å²) in [7, 11) is 0. The summed E-state index contributed by atoms with van der Waals surface area (Å²) in [6.45, 7) is 2.46. The molecule has 100 valence electrons. The van der Waals surface area contributed by atoms with E-state index in [1.54, 1.807) is 6.07 Å². The molecule has 1 N–H and O–H groups in total. The van der Waals surface area contributed by atoms with Crippen LogP contribution < -0.4 is 5.32 Å². The maximum atomic E-state index is 12.0. The van der Waals surface area contributed by atoms with Gasteiger partial charge in [-0.3, -0.25) is 4.79 Å². The van der Waals surface area contributed by atoms with E-state index in [0.717, 1.165) is 21.3 Å². The Balaban J connectivity index is 1.90. The van der Waals surface area contributed by atoms with Crippen LogP contribution in [0.1, 0.15) is 20.9 Å². The van der Waals surface area contributed by atoms with Gasteiger partial charge in [0.25, 0.3) is 5.91 Å². The molecule has 0 fully saturated rings. The molecule has 0 aromatic carbocycles. The number of aromatic nitrogens is 1. The van der Waals surface area contributed by atoms with Gasteiger partial charge < -0.3 is 5.32 Å². The van der Waals surface area contributed by atoms with Crippen LogP contribution in [0.4, 0.5) is 0 Å². The van der Waals surface area contributed by atoms with E-state index >= 15 is 0 Å². The minimum atomic E-state index is -0.123. The van der Waals surface area contributed by atoms with Crippen LogP contribution in [0.2, 0.25) is 4.34 Å². The van der Waals surface area contributed by atoms with Crippen LogP contribution >= 0.6 is 38.9 Å². The number of pyridine rings is 1. The van der Waals surface area contributed by atoms with Crippen LogP contribution in [0.15, 0.2) is 28.9 Å². The van der Waals surface area contributed by atoms with Gasteiger partial charge in [-0.15, -0.1) is 11.3 Å². The Labute approximate surface area is 129 Å². The predicted molar refractivity (Wildman–Crippen MR) is 82.0 cm³/mol. The Kier molecular flexibility index (Phi) is 4.96. The molecule has 2 aromatic heterocycles. The molecule has 0 atom stereocenters. The van der Waals surface area contributed by atoms with Crippen molar-refractivity contribution in [2.24, 2.45) is 0 Å². The molecule has 0 aliphatic rings. The molecule has 0 radical (unpaired) electrons. The standard InChI is InChI=1S/C13H12BrClN2OS/c1-8-2-4-10(12(14)17-8)13(18)16-7-6-9-3-5-11(15)19-9/h2-5H,6-7H2,1H3,(H,16,18). The van der Waals surface area contributed by atoms with E-state index in [2.05, 4.69) is 26.2 Å². The van der Waals surface area contributed by atoms with Gasteiger partial charge in [0.2, 0.25) is 0 Å². The maximum absolute atomic E-state index is 12.0. The largest absolute Gasteiger partial charge is 0.352 e. The van der Waals surface area contributed by atoms with Gasteiger partial charge in [-0.05, 0) is 53.5 Å². The molecule has 0 aliphatic carbocycles. The summed E-state index contributed by atoms with van der Waals surface area (Å²) in [5.41, 5.74) is 1.42. The van der Waals surface area contributed by atoms with Gasteiger partial charge in [-0.2, -0.15) is 0 Å². The maximum Gasteiger partial charge on any atom is 0.254 e. The molecule has 1 amide bonds. The van der Waals surface area contributed by atoms with E-state index in [0.29, 0.717) is 16.7 Å². The molecule has 2 aromatic rings. The zero-order chi connectivity index (χ0) is 13.8. The number of hydrogen-bond acceptors (Lipinski definition) is 3. The number of carbonyl (C=O) groups is 1. The number of aryl methyl sites for hydroxylation is 1. The van der Waals surface area contributed by atoms with Crippen molar-refractivity contribution in [3.8, 4) is 0 Å². The molecule has 3 nitrogen and oxygen atoms in total. The monoisotopic (exact) mass is 358 g/mol. The van der Waals surface area contributed by atoms with Gasteiger partial charge in [0, 0.05) is 17.1 Å². The molecule has 19 heavy (non-hydrogen) atoms. The lowest BCUT2D eigenvalue weighted by Crippen LogP contribution is -2.26. The van der Waals surface area contributed by atoms with Crippen molar-refractivity contribution in [3.05, 3.63) is 49.3 Å². The SMILES string of the molecule is Cc1ccc(C(=O)NCCc2ccc(Cl)s2)c(Br)n1. The molecule has 6 heteroatoms. The zero-order valence-corrected chi connectivity index (χ0v) is 13.4. The molecule has 0 aliphatic heterocycles. The number of rotatable bonds is 4. The van der Waals surface area contributed by atoms with Crippen molar-refractivity contribution in [1.82, 2.24) is 10.3 Å². The van der Waals surface area contributed by atoms with E-state index < -0.39 is 0 Å². The average molecular weight is 360 g/mol. The minimum Gasteiger partial charge on any atom is -0.352 e. The number of amides is 1. The van der Waals surface area contributed by atoms with Crippen LogP contribution in [0.3, 0.4) is 0 Å². The molecule has 0 spiro atoms. The van der Waals surface area contributed by atoms with Crippen molar-refractivity contribution in [2.75, 3.05) is 6.54 Å². The van der Waals surface area contributed by atoms with E-state index in [4.69, 9.17) is 11.6 Å². The first-order valence-electron chi connectivity index (χ1n) is 5.72. The molecule has 0 saturated heterocycles. The first-order chi connectivity index (χ1) is 9.06. The number of nitrogens with zero attached hydrogens (tertiary/aromatic N) is 1. The van der Waals surface area contributed by atoms with Crippen molar-refractivity contribution < 1.29 is 4.79 Å². The fourth-order valence-corrected chi connectivity index (χ4v) is 3.25. The first kappa shape index (κ1) is 14.5. The lowest BCUT2D eigenvalue weighted by Gasteiger charge is -2.06. The van der Waals surface area contributed by atoms with E-state index in [1.165, 1.54) is 11.3 Å². The lowest BCUT2D eigenvalue weighted by molar-refractivity contribution is 0.0953. The molecule has 2 heterocycles. The lowest BCUT2D eigenvalue weighted by atomic mass is 10.2. The van der Waals surface area contributed by atoms with Crippen molar-refractivity contribution in [1.29, 1.82) is 0 Å². The quantitative estimate of drug-likeness (QED) is 0.843. The zero-order valence-electron chi connectivity index (χ0n) is 10.2. The predicted octanol–water partition coefficient (Wildman–Crippen LogP) is 3.84. The first-order valence-corrected chi connectivity index (χ1v) is 7.70. The third-order valence-corrected chi connectivity index (χ3v) is 4.41. The fourth-order valence-electron chi connectivity index (χ4n) is 1.57. The van der Waals surface area contributed by atoms with E-state index in [1.807, 2.05) is 25.1 Å². The highest BCUT2D eigenvalue weighted by atomic mass is 79.9. The number of hydrogen-bond donors (Lipinski definition) is 1. The second-order valence-corrected chi connectivity index (χ2v) is 6.55. The molecule has 2 rings (SSSR count). The topological polar surface area (TPSA) is 42.0 Å². The Hall–Kier alpha value is -0.910. The number of carbonyl (C=O) groups excluding carboxylic acids is 1. The molecule has 0 saturated carbocycles. The summed E-state index contributed by atoms with van der Waals surface area (Å²) in [5, 5.41) is 2.87. The third kappa shape index (κ3) is 4.03. The van der Waals surface area contributed by atoms with Crippen LogP contribution in [0.25, 0.3) is 0 Å². The Bertz CT molecular complexity index is 600. The second-order valence-electron chi connectivity index (χ2n) is 4.00. The third-order valence-electron chi connectivity index (χ3n) is 2.52. The summed E-state index contributed by atoms with van der Waals surface area (Å²) in [6, 6.07) is 7.43. The van der Waals surface area contributed by atoms with Crippen molar-refractivity contribution in [2.45, 2.75) is 13.3 Å². The van der Waals surface area contributed by atoms with Crippen LogP contribution in [0.5, 0.6) is 0 Å². The van der Waals surface area contributed by atoms with Gasteiger partial charge in [0.05, 0.1) is 9.90 Å². The molecule has 0 bridgehead atoms. The number of thiophene rings is 1. The Morgan fingerprint density at radius 2 is 2.21 bits per heavy atom. The normalized spacial score (nSPS) is 10.5. The highest BCUT2D eigenvalue weighted by molar-refractivity contribution is 9.10. The van der Waals surface area contributed by atoms with Crippen molar-refractivity contribution in [3.63, 3.8) is 0 Å². The van der Waals surface area contributed by atoms with Gasteiger partial charge in [0.15, 0.2) is 0 Å².